The molecule has 0 unspecified atom stereocenters. The molecule has 0 aliphatic heterocycles. The molecule has 0 bridgehead atoms. The van der Waals surface area contributed by atoms with Crippen molar-refractivity contribution in [3.63, 3.8) is 0 Å². The average molecular weight is 3670 g/mol. The smallest absolute Gasteiger partial charge is 0.0684 e. The van der Waals surface area contributed by atoms with Crippen molar-refractivity contribution in [1.82, 2.24) is 0 Å². The number of aliphatic hydroxyl groups is 3. The summed E-state index contributed by atoms with van der Waals surface area (Å²) in [5, 5.41) is 27.1. The van der Waals surface area contributed by atoms with Gasteiger partial charge >= 0.3 is 0 Å². The molecule has 0 aliphatic carbocycles. The summed E-state index contributed by atoms with van der Waals surface area (Å²) in [6.07, 6.45) is 1.37. The van der Waals surface area contributed by atoms with E-state index >= 15 is 0 Å². The molecule has 0 radical (unpaired) electrons. The zero-order valence-corrected chi connectivity index (χ0v) is 140. The SMILES string of the molecule is OCCc1ccccc1CBr.OCCc1ccccc1CO.S=S=S=S=S=S=S=S=S=S=S=S=S=S=S=S=S=S=S=S=S=S=S=S=S=S=S=S=S=S=S=S=S=S=S=S=S=S=S=S=S=S=S=S=S=S=S=S=S=S=S.S=S=S=S=S=S=S=S=S=S=S=S=S=S=S=S=S=S=S=S=S=S=S=S=S=S=S=S=S=S=S=S=S=S=S=S=S=S=S=S=S=S=S=S=S=S=S=S=S=S=S=S. The number of benzene rings is 2. The van der Waals surface area contributed by atoms with E-state index in [0.717, 1.165) is 22.9 Å². The number of hydrogen-bond donors (Lipinski definition) is 3. The van der Waals surface area contributed by atoms with E-state index in [1.165, 1.54) is 46.6 Å². The zero-order chi connectivity index (χ0) is 90.2. The fraction of sp³-hybridized carbons (Fsp3) is 0.333. The molecule has 0 heterocycles. The van der Waals surface area contributed by atoms with Crippen molar-refractivity contribution in [3.8, 4) is 0 Å². The van der Waals surface area contributed by atoms with Crippen molar-refractivity contribution >= 4 is 940 Å². The highest BCUT2D eigenvalue weighted by atomic mass is 79.9. The van der Waals surface area contributed by atoms with Gasteiger partial charge in [0.25, 0.3) is 0 Å². The minimum atomic E-state index is 0.0518. The van der Waals surface area contributed by atoms with Gasteiger partial charge in [0.1, 0.15) is 0 Å². The Labute approximate surface area is 1030 Å². The van der Waals surface area contributed by atoms with Crippen molar-refractivity contribution in [2.75, 3.05) is 13.2 Å². The summed E-state index contributed by atoms with van der Waals surface area (Å²) in [5.74, 6) is 0. The maximum atomic E-state index is 8.86. The van der Waals surface area contributed by atoms with Crippen LogP contribution in [0.3, 0.4) is 0 Å². The molecule has 0 aromatic heterocycles. The third kappa shape index (κ3) is 132. The van der Waals surface area contributed by atoms with Gasteiger partial charge in [-0.3, -0.25) is 0 Å². The molecule has 0 aliphatic rings. The van der Waals surface area contributed by atoms with Gasteiger partial charge in [-0.05, 0) is 35.1 Å². The molecule has 2 rings (SSSR count). The predicted octanol–water partition coefficient (Wildman–Crippen LogP) is 2.58. The van der Waals surface area contributed by atoms with E-state index in [9.17, 15) is 0 Å². The molecular formula is C18H23BrO3S103. The quantitative estimate of drug-likeness (QED) is 0.386. The first kappa shape index (κ1) is 148. The third-order valence-electron chi connectivity index (χ3n) is 6.01. The zero-order valence-electron chi connectivity index (χ0n) is 54.6. The maximum Gasteiger partial charge on any atom is 0.0684 e. The lowest BCUT2D eigenvalue weighted by molar-refractivity contribution is 0.276. The average Bonchev–Trinajstić information content (AvgIpc) is 0.907. The monoisotopic (exact) mass is 3660 g/mol. The van der Waals surface area contributed by atoms with Crippen LogP contribution in [-0.2, 0) is 949 Å². The van der Waals surface area contributed by atoms with Crippen LogP contribution in [0.2, 0.25) is 0 Å². The summed E-state index contributed by atoms with van der Waals surface area (Å²) in [6, 6.07) is 15.7. The van der Waals surface area contributed by atoms with Gasteiger partial charge in [0.15, 0.2) is 0 Å². The Bertz CT molecular complexity index is 8680. The van der Waals surface area contributed by atoms with E-state index in [1.807, 2.05) is 673 Å². The molecule has 0 fully saturated rings. The van der Waals surface area contributed by atoms with Crippen LogP contribution >= 0.6 is 15.9 Å². The molecule has 2 aromatic carbocycles. The van der Waals surface area contributed by atoms with Crippen LogP contribution in [0.25, 0.3) is 0 Å². The Hall–Kier alpha value is 21.5. The van der Waals surface area contributed by atoms with Gasteiger partial charge in [0, 0.05) is 942 Å². The molecule has 107 heteroatoms. The van der Waals surface area contributed by atoms with Gasteiger partial charge in [-0.2, -0.15) is 0 Å². The second-order valence-electron chi connectivity index (χ2n) is 11.5. The summed E-state index contributed by atoms with van der Waals surface area (Å²) in [7, 11) is 177. The Morgan fingerprint density at radius 2 is 0.248 bits per heavy atom. The fourth-order valence-corrected chi connectivity index (χ4v) is 264. The van der Waals surface area contributed by atoms with Crippen LogP contribution in [0.4, 0.5) is 0 Å². The van der Waals surface area contributed by atoms with Gasteiger partial charge in [0.05, 0.1) is 6.61 Å². The molecule has 0 atom stereocenters. The van der Waals surface area contributed by atoms with Gasteiger partial charge < -0.3 is 15.3 Å². The van der Waals surface area contributed by atoms with Gasteiger partial charge in [-0.1, -0.05) is 64.5 Å². The second-order valence-corrected chi connectivity index (χ2v) is 187. The molecular weight excluding hydrogens is 3650 g/mol. The van der Waals surface area contributed by atoms with Crippen molar-refractivity contribution in [2.45, 2.75) is 24.8 Å². The van der Waals surface area contributed by atoms with E-state index < -0.39 is 0 Å². The lowest BCUT2D eigenvalue weighted by atomic mass is 10.1. The van der Waals surface area contributed by atoms with Crippen LogP contribution in [-0.4, -0.2) is 28.5 Å². The van der Waals surface area contributed by atoms with E-state index in [-0.39, 0.29) is 19.8 Å². The van der Waals surface area contributed by atoms with Gasteiger partial charge in [-0.15, -0.1) is 0 Å². The molecule has 0 saturated carbocycles. The highest BCUT2D eigenvalue weighted by molar-refractivity contribution is 9.08. The first-order chi connectivity index (χ1) is 62.1. The van der Waals surface area contributed by atoms with E-state index in [0.29, 0.717) is 6.42 Å². The highest BCUT2D eigenvalue weighted by Gasteiger charge is 1.98. The third-order valence-corrected chi connectivity index (χ3v) is 222. The minimum Gasteiger partial charge on any atom is -0.396 e. The predicted molar refractivity (Wildman–Crippen MR) is 852 cm³/mol. The molecule has 0 amide bonds. The first-order valence-electron chi connectivity index (χ1n) is 24.1. The molecule has 0 spiro atoms. The summed E-state index contributed by atoms with van der Waals surface area (Å²) in [4.78, 5) is 0. The first-order valence-corrected chi connectivity index (χ1v) is 160. The van der Waals surface area contributed by atoms with Crippen molar-refractivity contribution in [3.05, 3.63) is 70.8 Å². The lowest BCUT2D eigenvalue weighted by Gasteiger charge is -2.03. The number of alkyl halides is 1. The molecule has 2 aromatic rings. The second kappa shape index (κ2) is 142. The Balaban J connectivity index is 0. The fourth-order valence-electron chi connectivity index (χ4n) is 3.21. The molecule has 3 N–H and O–H groups in total. The Morgan fingerprint density at radius 3 is 0.344 bits per heavy atom. The standard InChI is InChI=1S/C9H11BrO.C9H12O2.S52.S51/c10-7-9-4-2-1-3-8(9)5-6-11;10-6-5-8-3-1-2-4-9(8)7-11;1-3-5-7-9-11-13-15-17-19-21-23-25-27-29-31-33-35-37-39-41-43-45-47-49-51-52-50-48-46-44-42-40-38-36-34-32-30-28-26-24-22-20-18-16-14-12-10-8-6-4-2;1-3-5-7-9-11-13-15-17-19-21-23-25-27-29-31-33-35-37-39-41-43-45-47-49-51-50-48-46-44-42-40-38-36-34-32-30-28-26-24-22-20-18-16-14-12-10-8-6-4-2/h1-4,11H,5-7H2;1-4,10-11H,5-7H2;;. The number of hydrogen-bond acceptors (Lipinski definition) is 7. The van der Waals surface area contributed by atoms with E-state index in [1.54, 1.807) is 213 Å². The van der Waals surface area contributed by atoms with E-state index in [4.69, 9.17) is 60.1 Å². The summed E-state index contributed by atoms with van der Waals surface area (Å²) in [6.45, 7) is 0.414. The Kier molecular flexibility index (Phi) is 168. The Morgan fingerprint density at radius 1 is 0.152 bits per heavy atom. The maximum absolute atomic E-state index is 8.86. The van der Waals surface area contributed by atoms with Gasteiger partial charge in [0.2, 0.25) is 0 Å². The summed E-state index contributed by atoms with van der Waals surface area (Å²) in [5.41, 5.74) is 4.42. The summed E-state index contributed by atoms with van der Waals surface area (Å²) >= 11 is 22.6. The van der Waals surface area contributed by atoms with Crippen molar-refractivity contribution < 1.29 is 15.3 Å². The number of rotatable bonds is 6. The van der Waals surface area contributed by atoms with Crippen LogP contribution in [0, 0.1) is 0 Å². The molecule has 0 saturated heterocycles. The topological polar surface area (TPSA) is 60.7 Å². The lowest BCUT2D eigenvalue weighted by Crippen LogP contribution is -1.96. The van der Waals surface area contributed by atoms with Crippen LogP contribution < -0.4 is 0 Å². The van der Waals surface area contributed by atoms with Crippen molar-refractivity contribution in [1.29, 1.82) is 0 Å². The molecule has 125 heavy (non-hydrogen) atoms. The minimum absolute atomic E-state index is 0.0518. The summed E-state index contributed by atoms with van der Waals surface area (Å²) < 4.78 is 0. The largest absolute Gasteiger partial charge is 0.396 e. The molecule has 738 valence electrons. The highest BCUT2D eigenvalue weighted by Crippen LogP contribution is 2.12. The van der Waals surface area contributed by atoms with Crippen LogP contribution in [0.1, 0.15) is 22.3 Å². The molecule has 3 nitrogen and oxygen atoms in total. The number of aliphatic hydroxyl groups excluding tert-OH is 3. The van der Waals surface area contributed by atoms with Crippen LogP contribution in [0.5, 0.6) is 0 Å². The normalized spacial score (nSPS) is 8.16. The van der Waals surface area contributed by atoms with Crippen molar-refractivity contribution in [2.24, 2.45) is 0 Å². The number of halogens is 1. The van der Waals surface area contributed by atoms with Crippen LogP contribution in [0.15, 0.2) is 48.5 Å². The van der Waals surface area contributed by atoms with Gasteiger partial charge in [-0.25, -0.2) is 0 Å². The van der Waals surface area contributed by atoms with E-state index in [2.05, 4.69) is 22.0 Å².